The van der Waals surface area contributed by atoms with Gasteiger partial charge >= 0.3 is 0 Å². The van der Waals surface area contributed by atoms with Gasteiger partial charge in [0.1, 0.15) is 0 Å². The van der Waals surface area contributed by atoms with Gasteiger partial charge in [-0.2, -0.15) is 0 Å². The minimum atomic E-state index is 0.124. The zero-order valence-electron chi connectivity index (χ0n) is 11.2. The predicted octanol–water partition coefficient (Wildman–Crippen LogP) is 2.95. The SMILES string of the molecule is CC(C)CC(C)CNCc1ccc(CO)cc1. The molecule has 0 fully saturated rings. The molecule has 0 aliphatic heterocycles. The van der Waals surface area contributed by atoms with Crippen LogP contribution in [0.25, 0.3) is 0 Å². The molecule has 1 aromatic carbocycles. The van der Waals surface area contributed by atoms with E-state index < -0.39 is 0 Å². The first kappa shape index (κ1) is 14.2. The number of aliphatic hydroxyl groups is 1. The van der Waals surface area contributed by atoms with Gasteiger partial charge in [0.2, 0.25) is 0 Å². The second-order valence-corrected chi connectivity index (χ2v) is 5.34. The highest BCUT2D eigenvalue weighted by atomic mass is 16.3. The van der Waals surface area contributed by atoms with E-state index in [0.29, 0.717) is 0 Å². The van der Waals surface area contributed by atoms with E-state index in [1.807, 2.05) is 12.1 Å². The van der Waals surface area contributed by atoms with E-state index in [0.717, 1.165) is 30.5 Å². The monoisotopic (exact) mass is 235 g/mol. The molecular weight excluding hydrogens is 210 g/mol. The third-order valence-corrected chi connectivity index (χ3v) is 2.90. The molecule has 2 nitrogen and oxygen atoms in total. The lowest BCUT2D eigenvalue weighted by Crippen LogP contribution is -2.21. The summed E-state index contributed by atoms with van der Waals surface area (Å²) in [6.45, 7) is 8.93. The summed E-state index contributed by atoms with van der Waals surface area (Å²) < 4.78 is 0. The number of hydrogen-bond acceptors (Lipinski definition) is 2. The molecule has 0 radical (unpaired) electrons. The van der Waals surface area contributed by atoms with Crippen LogP contribution < -0.4 is 5.32 Å². The second-order valence-electron chi connectivity index (χ2n) is 5.34. The molecule has 1 unspecified atom stereocenters. The first-order valence-corrected chi connectivity index (χ1v) is 6.51. The summed E-state index contributed by atoms with van der Waals surface area (Å²) in [5.41, 5.74) is 2.25. The van der Waals surface area contributed by atoms with Crippen molar-refractivity contribution >= 4 is 0 Å². The normalized spacial score (nSPS) is 13.0. The first-order chi connectivity index (χ1) is 8.11. The van der Waals surface area contributed by atoms with Crippen LogP contribution in [0.1, 0.15) is 38.3 Å². The van der Waals surface area contributed by atoms with Gasteiger partial charge in [-0.1, -0.05) is 45.0 Å². The van der Waals surface area contributed by atoms with E-state index in [-0.39, 0.29) is 6.61 Å². The number of hydrogen-bond donors (Lipinski definition) is 2. The van der Waals surface area contributed by atoms with E-state index in [1.54, 1.807) is 0 Å². The van der Waals surface area contributed by atoms with Crippen LogP contribution in [0, 0.1) is 11.8 Å². The molecule has 2 heteroatoms. The first-order valence-electron chi connectivity index (χ1n) is 6.51. The molecule has 1 aromatic rings. The Labute approximate surface area is 105 Å². The molecule has 0 saturated heterocycles. The largest absolute Gasteiger partial charge is 0.392 e. The number of benzene rings is 1. The van der Waals surface area contributed by atoms with Gasteiger partial charge in [0.25, 0.3) is 0 Å². The Morgan fingerprint density at radius 3 is 2.18 bits per heavy atom. The quantitative estimate of drug-likeness (QED) is 0.761. The van der Waals surface area contributed by atoms with Crippen molar-refractivity contribution in [2.75, 3.05) is 6.54 Å². The number of aliphatic hydroxyl groups excluding tert-OH is 1. The summed E-state index contributed by atoms with van der Waals surface area (Å²) in [7, 11) is 0. The molecule has 0 bridgehead atoms. The fourth-order valence-corrected chi connectivity index (χ4v) is 2.11. The summed E-state index contributed by atoms with van der Waals surface area (Å²) in [5, 5.41) is 12.4. The maximum absolute atomic E-state index is 8.95. The maximum Gasteiger partial charge on any atom is 0.0681 e. The lowest BCUT2D eigenvalue weighted by molar-refractivity contribution is 0.282. The van der Waals surface area contributed by atoms with Crippen molar-refractivity contribution in [2.45, 2.75) is 40.3 Å². The Kier molecular flexibility index (Phi) is 6.23. The van der Waals surface area contributed by atoms with Gasteiger partial charge in [-0.3, -0.25) is 0 Å². The smallest absolute Gasteiger partial charge is 0.0681 e. The van der Waals surface area contributed by atoms with Crippen LogP contribution in [0.5, 0.6) is 0 Å². The van der Waals surface area contributed by atoms with Crippen molar-refractivity contribution in [3.63, 3.8) is 0 Å². The fourth-order valence-electron chi connectivity index (χ4n) is 2.11. The van der Waals surface area contributed by atoms with E-state index in [9.17, 15) is 0 Å². The average molecular weight is 235 g/mol. The lowest BCUT2D eigenvalue weighted by Gasteiger charge is -2.14. The van der Waals surface area contributed by atoms with Crippen molar-refractivity contribution in [3.05, 3.63) is 35.4 Å². The number of rotatable bonds is 7. The summed E-state index contributed by atoms with van der Waals surface area (Å²) >= 11 is 0. The molecule has 0 saturated carbocycles. The van der Waals surface area contributed by atoms with Crippen LogP contribution in [0.4, 0.5) is 0 Å². The van der Waals surface area contributed by atoms with Crippen LogP contribution in [-0.4, -0.2) is 11.7 Å². The molecule has 0 aliphatic rings. The Bertz CT molecular complexity index is 305. The molecule has 96 valence electrons. The summed E-state index contributed by atoms with van der Waals surface area (Å²) in [6.07, 6.45) is 1.27. The van der Waals surface area contributed by atoms with Crippen LogP contribution in [0.2, 0.25) is 0 Å². The third-order valence-electron chi connectivity index (χ3n) is 2.90. The summed E-state index contributed by atoms with van der Waals surface area (Å²) in [4.78, 5) is 0. The topological polar surface area (TPSA) is 32.3 Å². The van der Waals surface area contributed by atoms with Crippen LogP contribution in [0.3, 0.4) is 0 Å². The Morgan fingerprint density at radius 2 is 1.65 bits per heavy atom. The molecular formula is C15H25NO. The Balaban J connectivity index is 2.25. The summed E-state index contributed by atoms with van der Waals surface area (Å²) in [6, 6.07) is 8.11. The molecule has 17 heavy (non-hydrogen) atoms. The molecule has 0 amide bonds. The van der Waals surface area contributed by atoms with Crippen molar-refractivity contribution in [1.29, 1.82) is 0 Å². The van der Waals surface area contributed by atoms with Gasteiger partial charge in [0.05, 0.1) is 6.61 Å². The molecule has 0 heterocycles. The fraction of sp³-hybridized carbons (Fsp3) is 0.600. The van der Waals surface area contributed by atoms with Gasteiger partial charge in [-0.25, -0.2) is 0 Å². The molecule has 0 aliphatic carbocycles. The van der Waals surface area contributed by atoms with Crippen molar-refractivity contribution in [3.8, 4) is 0 Å². The molecule has 0 aromatic heterocycles. The van der Waals surface area contributed by atoms with E-state index in [4.69, 9.17) is 5.11 Å². The Morgan fingerprint density at radius 1 is 1.06 bits per heavy atom. The van der Waals surface area contributed by atoms with Gasteiger partial charge in [0.15, 0.2) is 0 Å². The van der Waals surface area contributed by atoms with Crippen LogP contribution >= 0.6 is 0 Å². The zero-order chi connectivity index (χ0) is 12.7. The minimum absolute atomic E-state index is 0.124. The highest BCUT2D eigenvalue weighted by Gasteiger charge is 2.04. The van der Waals surface area contributed by atoms with Crippen molar-refractivity contribution in [1.82, 2.24) is 5.32 Å². The molecule has 1 atom stereocenters. The average Bonchev–Trinajstić information content (AvgIpc) is 2.29. The molecule has 2 N–H and O–H groups in total. The highest BCUT2D eigenvalue weighted by molar-refractivity contribution is 5.21. The third kappa shape index (κ3) is 5.85. The summed E-state index contributed by atoms with van der Waals surface area (Å²) in [5.74, 6) is 1.50. The van der Waals surface area contributed by atoms with Crippen LogP contribution in [-0.2, 0) is 13.2 Å². The minimum Gasteiger partial charge on any atom is -0.392 e. The predicted molar refractivity (Wildman–Crippen MR) is 72.7 cm³/mol. The molecule has 1 rings (SSSR count). The molecule has 0 spiro atoms. The van der Waals surface area contributed by atoms with Gasteiger partial charge in [0, 0.05) is 6.54 Å². The van der Waals surface area contributed by atoms with Crippen LogP contribution in [0.15, 0.2) is 24.3 Å². The van der Waals surface area contributed by atoms with E-state index in [1.165, 1.54) is 12.0 Å². The Hall–Kier alpha value is -0.860. The maximum atomic E-state index is 8.95. The number of nitrogens with one attached hydrogen (secondary N) is 1. The van der Waals surface area contributed by atoms with Gasteiger partial charge in [-0.15, -0.1) is 0 Å². The second kappa shape index (κ2) is 7.46. The lowest BCUT2D eigenvalue weighted by atomic mass is 9.99. The van der Waals surface area contributed by atoms with E-state index >= 15 is 0 Å². The van der Waals surface area contributed by atoms with Gasteiger partial charge < -0.3 is 10.4 Å². The van der Waals surface area contributed by atoms with Crippen molar-refractivity contribution < 1.29 is 5.11 Å². The van der Waals surface area contributed by atoms with E-state index in [2.05, 4.69) is 38.2 Å². The highest BCUT2D eigenvalue weighted by Crippen LogP contribution is 2.10. The standard InChI is InChI=1S/C15H25NO/c1-12(2)8-13(3)9-16-10-14-4-6-15(11-17)7-5-14/h4-7,12-13,16-17H,8-11H2,1-3H3. The van der Waals surface area contributed by atoms with Gasteiger partial charge in [-0.05, 0) is 35.9 Å². The van der Waals surface area contributed by atoms with Crippen molar-refractivity contribution in [2.24, 2.45) is 11.8 Å². The zero-order valence-corrected chi connectivity index (χ0v) is 11.2.